The molecule has 156 valence electrons. The van der Waals surface area contributed by atoms with Crippen LogP contribution in [0.1, 0.15) is 53.6 Å². The van der Waals surface area contributed by atoms with Crippen LogP contribution in [0, 0.1) is 0 Å². The van der Waals surface area contributed by atoms with Gasteiger partial charge in [-0.05, 0) is 35.2 Å². The van der Waals surface area contributed by atoms with E-state index in [2.05, 4.69) is 19.2 Å². The largest absolute Gasteiger partial charge is 0.339 e. The lowest BCUT2D eigenvalue weighted by Crippen LogP contribution is -2.52. The number of para-hydroxylation sites is 1. The van der Waals surface area contributed by atoms with Crippen molar-refractivity contribution in [3.63, 3.8) is 0 Å². The van der Waals surface area contributed by atoms with Crippen LogP contribution in [0.5, 0.6) is 0 Å². The number of amides is 3. The zero-order chi connectivity index (χ0) is 21.3. The van der Waals surface area contributed by atoms with Crippen LogP contribution in [0.4, 0.5) is 5.69 Å². The van der Waals surface area contributed by atoms with Crippen LogP contribution in [0.2, 0.25) is 0 Å². The smallest absolute Gasteiger partial charge is 0.253 e. The highest BCUT2D eigenvalue weighted by Gasteiger charge is 2.35. The first-order chi connectivity index (χ1) is 14.4. The Morgan fingerprint density at radius 1 is 0.933 bits per heavy atom. The van der Waals surface area contributed by atoms with E-state index in [9.17, 15) is 14.4 Å². The molecule has 2 heterocycles. The van der Waals surface area contributed by atoms with Gasteiger partial charge in [0.05, 0.1) is 5.92 Å². The Hall–Kier alpha value is -3.15. The maximum absolute atomic E-state index is 13.2. The minimum absolute atomic E-state index is 0.000190. The molecule has 2 aromatic carbocycles. The summed E-state index contributed by atoms with van der Waals surface area (Å²) in [6.45, 7) is 6.21. The highest BCUT2D eigenvalue weighted by atomic mass is 16.2. The van der Waals surface area contributed by atoms with Gasteiger partial charge in [-0.15, -0.1) is 0 Å². The molecule has 6 nitrogen and oxygen atoms in total. The van der Waals surface area contributed by atoms with Crippen molar-refractivity contribution in [2.24, 2.45) is 0 Å². The van der Waals surface area contributed by atoms with Gasteiger partial charge in [0, 0.05) is 43.9 Å². The number of rotatable bonds is 3. The zero-order valence-corrected chi connectivity index (χ0v) is 17.4. The number of benzene rings is 2. The third-order valence-electron chi connectivity index (χ3n) is 6.00. The van der Waals surface area contributed by atoms with E-state index in [1.54, 1.807) is 9.80 Å². The van der Waals surface area contributed by atoms with Gasteiger partial charge in [-0.2, -0.15) is 0 Å². The Kier molecular flexibility index (Phi) is 5.57. The molecular formula is C24H27N3O3. The summed E-state index contributed by atoms with van der Waals surface area (Å²) in [7, 11) is 0. The second-order valence-corrected chi connectivity index (χ2v) is 8.29. The van der Waals surface area contributed by atoms with Crippen molar-refractivity contribution < 1.29 is 14.4 Å². The Morgan fingerprint density at radius 3 is 2.23 bits per heavy atom. The van der Waals surface area contributed by atoms with E-state index < -0.39 is 5.92 Å². The lowest BCUT2D eigenvalue weighted by atomic mass is 9.89. The van der Waals surface area contributed by atoms with Crippen molar-refractivity contribution in [2.45, 2.75) is 32.1 Å². The lowest BCUT2D eigenvalue weighted by molar-refractivity contribution is -0.136. The molecule has 0 radical (unpaired) electrons. The number of carbonyl (C=O) groups excluding carboxylic acids is 3. The van der Waals surface area contributed by atoms with Crippen molar-refractivity contribution in [2.75, 3.05) is 31.5 Å². The van der Waals surface area contributed by atoms with Crippen LogP contribution in [-0.2, 0) is 9.59 Å². The molecule has 1 fully saturated rings. The van der Waals surface area contributed by atoms with Crippen molar-refractivity contribution in [3.05, 3.63) is 65.2 Å². The van der Waals surface area contributed by atoms with E-state index in [1.165, 1.54) is 5.56 Å². The summed E-state index contributed by atoms with van der Waals surface area (Å²) >= 11 is 0. The summed E-state index contributed by atoms with van der Waals surface area (Å²) in [5.41, 5.74) is 3.47. The van der Waals surface area contributed by atoms with Gasteiger partial charge in [-0.1, -0.05) is 44.2 Å². The summed E-state index contributed by atoms with van der Waals surface area (Å²) in [5, 5.41) is 2.84. The van der Waals surface area contributed by atoms with Gasteiger partial charge in [0.25, 0.3) is 5.91 Å². The summed E-state index contributed by atoms with van der Waals surface area (Å²) in [5.74, 6) is -0.201. The number of nitrogens with one attached hydrogen (secondary N) is 1. The Labute approximate surface area is 176 Å². The quantitative estimate of drug-likeness (QED) is 0.852. The Balaban J connectivity index is 1.40. The second kappa shape index (κ2) is 8.30. The molecule has 0 spiro atoms. The summed E-state index contributed by atoms with van der Waals surface area (Å²) in [4.78, 5) is 41.6. The lowest BCUT2D eigenvalue weighted by Gasteiger charge is -2.37. The molecule has 0 aliphatic carbocycles. The molecule has 0 bridgehead atoms. The number of anilines is 1. The monoisotopic (exact) mass is 405 g/mol. The average Bonchev–Trinajstić information content (AvgIpc) is 2.77. The molecule has 1 unspecified atom stereocenters. The van der Waals surface area contributed by atoms with Gasteiger partial charge in [-0.25, -0.2) is 0 Å². The fraction of sp³-hybridized carbons (Fsp3) is 0.375. The van der Waals surface area contributed by atoms with E-state index in [-0.39, 0.29) is 24.1 Å². The van der Waals surface area contributed by atoms with Gasteiger partial charge in [0.1, 0.15) is 0 Å². The minimum atomic E-state index is -0.458. The first-order valence-electron chi connectivity index (χ1n) is 10.5. The third-order valence-corrected chi connectivity index (χ3v) is 6.00. The van der Waals surface area contributed by atoms with Crippen molar-refractivity contribution in [1.29, 1.82) is 0 Å². The number of hydrogen-bond donors (Lipinski definition) is 1. The zero-order valence-electron chi connectivity index (χ0n) is 17.4. The van der Waals surface area contributed by atoms with Crippen molar-refractivity contribution in [3.8, 4) is 0 Å². The van der Waals surface area contributed by atoms with Gasteiger partial charge in [-0.3, -0.25) is 14.4 Å². The molecule has 4 rings (SSSR count). The van der Waals surface area contributed by atoms with Gasteiger partial charge < -0.3 is 15.1 Å². The molecule has 0 aromatic heterocycles. The molecule has 1 N–H and O–H groups in total. The molecule has 2 aliphatic rings. The molecule has 3 amide bonds. The second-order valence-electron chi connectivity index (χ2n) is 8.29. The molecule has 0 saturated carbocycles. The predicted octanol–water partition coefficient (Wildman–Crippen LogP) is 3.22. The highest BCUT2D eigenvalue weighted by molar-refractivity contribution is 6.01. The van der Waals surface area contributed by atoms with Gasteiger partial charge in [0.2, 0.25) is 11.8 Å². The first kappa shape index (κ1) is 20.1. The van der Waals surface area contributed by atoms with Crippen LogP contribution in [0.25, 0.3) is 0 Å². The average molecular weight is 405 g/mol. The van der Waals surface area contributed by atoms with Crippen LogP contribution < -0.4 is 5.32 Å². The number of piperazine rings is 1. The summed E-state index contributed by atoms with van der Waals surface area (Å²) in [6.07, 6.45) is 0.164. The number of fused-ring (bicyclic) bond motifs is 1. The number of carbonyl (C=O) groups is 3. The Bertz CT molecular complexity index is 960. The summed E-state index contributed by atoms with van der Waals surface area (Å²) in [6, 6.07) is 15.2. The predicted molar refractivity (Wildman–Crippen MR) is 115 cm³/mol. The summed E-state index contributed by atoms with van der Waals surface area (Å²) < 4.78 is 0. The molecule has 1 saturated heterocycles. The van der Waals surface area contributed by atoms with E-state index in [4.69, 9.17) is 0 Å². The maximum Gasteiger partial charge on any atom is 0.253 e. The standard InChI is InChI=1S/C24H27N3O3/c1-16(2)17-7-9-18(10-8-17)23(29)26-11-13-27(14-12-26)24(30)20-15-22(28)25-21-6-4-3-5-19(20)21/h3-10,16,20H,11-15H2,1-2H3,(H,25,28). The fourth-order valence-corrected chi connectivity index (χ4v) is 4.18. The highest BCUT2D eigenvalue weighted by Crippen LogP contribution is 2.33. The first-order valence-corrected chi connectivity index (χ1v) is 10.5. The van der Waals surface area contributed by atoms with Crippen LogP contribution in [0.3, 0.4) is 0 Å². The maximum atomic E-state index is 13.2. The number of nitrogens with zero attached hydrogens (tertiary/aromatic N) is 2. The normalized spacial score (nSPS) is 18.8. The minimum Gasteiger partial charge on any atom is -0.339 e. The molecule has 1 atom stereocenters. The molecule has 6 heteroatoms. The molecule has 2 aliphatic heterocycles. The molecular weight excluding hydrogens is 378 g/mol. The third kappa shape index (κ3) is 3.95. The van der Waals surface area contributed by atoms with Crippen LogP contribution >= 0.6 is 0 Å². The fourth-order valence-electron chi connectivity index (χ4n) is 4.18. The molecule has 2 aromatic rings. The van der Waals surface area contributed by atoms with E-state index in [1.807, 2.05) is 48.5 Å². The van der Waals surface area contributed by atoms with E-state index in [0.29, 0.717) is 43.3 Å². The number of hydrogen-bond acceptors (Lipinski definition) is 3. The molecule has 30 heavy (non-hydrogen) atoms. The topological polar surface area (TPSA) is 69.7 Å². The van der Waals surface area contributed by atoms with Crippen LogP contribution in [0.15, 0.2) is 48.5 Å². The van der Waals surface area contributed by atoms with E-state index in [0.717, 1.165) is 5.56 Å². The SMILES string of the molecule is CC(C)c1ccc(C(=O)N2CCN(C(=O)C3CC(=O)Nc4ccccc43)CC2)cc1. The Morgan fingerprint density at radius 2 is 1.57 bits per heavy atom. The van der Waals surface area contributed by atoms with E-state index >= 15 is 0 Å². The van der Waals surface area contributed by atoms with Gasteiger partial charge >= 0.3 is 0 Å². The van der Waals surface area contributed by atoms with Crippen LogP contribution in [-0.4, -0.2) is 53.7 Å². The van der Waals surface area contributed by atoms with Crippen molar-refractivity contribution in [1.82, 2.24) is 9.80 Å². The van der Waals surface area contributed by atoms with Crippen molar-refractivity contribution >= 4 is 23.4 Å². The van der Waals surface area contributed by atoms with Gasteiger partial charge in [0.15, 0.2) is 0 Å².